The minimum absolute atomic E-state index is 0.0422. The summed E-state index contributed by atoms with van der Waals surface area (Å²) in [6.07, 6.45) is 2.25. The lowest BCUT2D eigenvalue weighted by Gasteiger charge is -2.31. The topological polar surface area (TPSA) is 40.6 Å². The summed E-state index contributed by atoms with van der Waals surface area (Å²) in [6.45, 7) is 4.39. The summed E-state index contributed by atoms with van der Waals surface area (Å²) < 4.78 is 0. The number of hydrogen-bond donors (Lipinski definition) is 0. The molecular formula is C22H26N2O2. The first-order chi connectivity index (χ1) is 12.5. The Morgan fingerprint density at radius 1 is 1.04 bits per heavy atom. The van der Waals surface area contributed by atoms with E-state index in [1.54, 1.807) is 36.2 Å². The largest absolute Gasteiger partial charge is 0.338 e. The van der Waals surface area contributed by atoms with Crippen LogP contribution in [0.15, 0.2) is 54.6 Å². The Labute approximate surface area is 155 Å². The second-order valence-electron chi connectivity index (χ2n) is 7.22. The molecule has 0 N–H and O–H groups in total. The number of carbonyl (C=O) groups excluding carboxylic acids is 2. The van der Waals surface area contributed by atoms with Crippen LogP contribution in [0.1, 0.15) is 46.0 Å². The van der Waals surface area contributed by atoms with Gasteiger partial charge in [0.2, 0.25) is 0 Å². The Bertz CT molecular complexity index is 755. The van der Waals surface area contributed by atoms with Gasteiger partial charge in [0, 0.05) is 37.8 Å². The SMILES string of the molecule is CC1CCCN(C(=O)c2ccc(C(=O)N(C)Cc3ccccc3)cc2)C1. The Morgan fingerprint density at radius 3 is 2.35 bits per heavy atom. The molecule has 1 aliphatic rings. The van der Waals surface area contributed by atoms with Gasteiger partial charge in [-0.1, -0.05) is 37.3 Å². The van der Waals surface area contributed by atoms with E-state index in [1.807, 2.05) is 35.2 Å². The molecule has 2 amide bonds. The Kier molecular flexibility index (Phi) is 5.71. The van der Waals surface area contributed by atoms with E-state index >= 15 is 0 Å². The second-order valence-corrected chi connectivity index (χ2v) is 7.22. The maximum Gasteiger partial charge on any atom is 0.253 e. The first kappa shape index (κ1) is 18.2. The van der Waals surface area contributed by atoms with Gasteiger partial charge in [-0.05, 0) is 48.6 Å². The smallest absolute Gasteiger partial charge is 0.253 e. The molecule has 1 saturated heterocycles. The maximum absolute atomic E-state index is 12.6. The van der Waals surface area contributed by atoms with Crippen molar-refractivity contribution in [2.24, 2.45) is 5.92 Å². The fourth-order valence-electron chi connectivity index (χ4n) is 3.46. The zero-order valence-electron chi connectivity index (χ0n) is 15.5. The number of likely N-dealkylation sites (tertiary alicyclic amines) is 1. The number of rotatable bonds is 4. The van der Waals surface area contributed by atoms with E-state index < -0.39 is 0 Å². The number of hydrogen-bond acceptors (Lipinski definition) is 2. The normalized spacial score (nSPS) is 17.0. The zero-order chi connectivity index (χ0) is 18.5. The Balaban J connectivity index is 1.64. The summed E-state index contributed by atoms with van der Waals surface area (Å²) in [5.41, 5.74) is 2.35. The van der Waals surface area contributed by atoms with Gasteiger partial charge in [-0.25, -0.2) is 0 Å². The van der Waals surface area contributed by atoms with Crippen LogP contribution >= 0.6 is 0 Å². The molecule has 0 aromatic heterocycles. The van der Waals surface area contributed by atoms with Crippen LogP contribution in [0.5, 0.6) is 0 Å². The molecule has 4 heteroatoms. The van der Waals surface area contributed by atoms with Crippen molar-refractivity contribution < 1.29 is 9.59 Å². The Morgan fingerprint density at radius 2 is 1.69 bits per heavy atom. The van der Waals surface area contributed by atoms with Crippen LogP contribution in [-0.4, -0.2) is 41.8 Å². The highest BCUT2D eigenvalue weighted by Crippen LogP contribution is 2.18. The third kappa shape index (κ3) is 4.31. The van der Waals surface area contributed by atoms with Crippen LogP contribution in [0.4, 0.5) is 0 Å². The summed E-state index contributed by atoms with van der Waals surface area (Å²) in [5, 5.41) is 0. The van der Waals surface area contributed by atoms with Crippen molar-refractivity contribution in [2.75, 3.05) is 20.1 Å². The van der Waals surface area contributed by atoms with E-state index in [0.29, 0.717) is 23.6 Å². The molecule has 3 rings (SSSR count). The molecule has 0 aliphatic carbocycles. The lowest BCUT2D eigenvalue weighted by molar-refractivity contribution is 0.0682. The molecule has 1 aliphatic heterocycles. The fraction of sp³-hybridized carbons (Fsp3) is 0.364. The number of amides is 2. The van der Waals surface area contributed by atoms with Crippen LogP contribution < -0.4 is 0 Å². The van der Waals surface area contributed by atoms with Crippen molar-refractivity contribution in [1.82, 2.24) is 9.80 Å². The van der Waals surface area contributed by atoms with Crippen molar-refractivity contribution in [2.45, 2.75) is 26.3 Å². The molecule has 0 bridgehead atoms. The lowest BCUT2D eigenvalue weighted by atomic mass is 9.99. The van der Waals surface area contributed by atoms with Gasteiger partial charge in [-0.15, -0.1) is 0 Å². The van der Waals surface area contributed by atoms with Gasteiger partial charge in [0.15, 0.2) is 0 Å². The zero-order valence-corrected chi connectivity index (χ0v) is 15.5. The quantitative estimate of drug-likeness (QED) is 0.841. The predicted octanol–water partition coefficient (Wildman–Crippen LogP) is 3.83. The van der Waals surface area contributed by atoms with Crippen LogP contribution in [0, 0.1) is 5.92 Å². The molecule has 136 valence electrons. The van der Waals surface area contributed by atoms with Crippen molar-refractivity contribution in [1.29, 1.82) is 0 Å². The first-order valence-corrected chi connectivity index (χ1v) is 9.23. The molecule has 4 nitrogen and oxygen atoms in total. The number of nitrogens with zero attached hydrogens (tertiary/aromatic N) is 2. The van der Waals surface area contributed by atoms with Crippen LogP contribution in [0.3, 0.4) is 0 Å². The third-order valence-electron chi connectivity index (χ3n) is 4.93. The fourth-order valence-corrected chi connectivity index (χ4v) is 3.46. The minimum atomic E-state index is -0.0422. The second kappa shape index (κ2) is 8.17. The van der Waals surface area contributed by atoms with Gasteiger partial charge in [0.05, 0.1) is 0 Å². The van der Waals surface area contributed by atoms with Gasteiger partial charge in [-0.3, -0.25) is 9.59 Å². The first-order valence-electron chi connectivity index (χ1n) is 9.23. The van der Waals surface area contributed by atoms with Crippen LogP contribution in [-0.2, 0) is 6.54 Å². The molecule has 1 unspecified atom stereocenters. The summed E-state index contributed by atoms with van der Waals surface area (Å²) >= 11 is 0. The third-order valence-corrected chi connectivity index (χ3v) is 4.93. The molecule has 2 aromatic rings. The molecule has 1 atom stereocenters. The van der Waals surface area contributed by atoms with E-state index in [0.717, 1.165) is 25.1 Å². The van der Waals surface area contributed by atoms with Crippen molar-refractivity contribution in [3.63, 3.8) is 0 Å². The van der Waals surface area contributed by atoms with Gasteiger partial charge in [0.1, 0.15) is 0 Å². The van der Waals surface area contributed by atoms with Gasteiger partial charge in [0.25, 0.3) is 11.8 Å². The number of carbonyl (C=O) groups is 2. The van der Waals surface area contributed by atoms with Crippen molar-refractivity contribution in [3.8, 4) is 0 Å². The molecule has 26 heavy (non-hydrogen) atoms. The Hall–Kier alpha value is -2.62. The highest BCUT2D eigenvalue weighted by Gasteiger charge is 2.22. The molecular weight excluding hydrogens is 324 g/mol. The maximum atomic E-state index is 12.6. The molecule has 1 heterocycles. The number of benzene rings is 2. The predicted molar refractivity (Wildman–Crippen MR) is 103 cm³/mol. The van der Waals surface area contributed by atoms with Gasteiger partial charge in [-0.2, -0.15) is 0 Å². The summed E-state index contributed by atoms with van der Waals surface area (Å²) in [6, 6.07) is 17.0. The summed E-state index contributed by atoms with van der Waals surface area (Å²) in [5.74, 6) is 0.577. The van der Waals surface area contributed by atoms with Crippen LogP contribution in [0.25, 0.3) is 0 Å². The van der Waals surface area contributed by atoms with E-state index in [2.05, 4.69) is 6.92 Å². The molecule has 0 spiro atoms. The summed E-state index contributed by atoms with van der Waals surface area (Å²) in [7, 11) is 1.80. The van der Waals surface area contributed by atoms with Gasteiger partial charge < -0.3 is 9.80 Å². The number of piperidine rings is 1. The highest BCUT2D eigenvalue weighted by atomic mass is 16.2. The van der Waals surface area contributed by atoms with Crippen LogP contribution in [0.2, 0.25) is 0 Å². The molecule has 1 fully saturated rings. The monoisotopic (exact) mass is 350 g/mol. The molecule has 0 radical (unpaired) electrons. The van der Waals surface area contributed by atoms with Crippen molar-refractivity contribution >= 4 is 11.8 Å². The van der Waals surface area contributed by atoms with E-state index in [4.69, 9.17) is 0 Å². The van der Waals surface area contributed by atoms with E-state index in [1.165, 1.54) is 6.42 Å². The standard InChI is InChI=1S/C22H26N2O2/c1-17-7-6-14-24(15-17)22(26)20-12-10-19(11-13-20)21(25)23(2)16-18-8-4-3-5-9-18/h3-5,8-13,17H,6-7,14-16H2,1-2H3. The van der Waals surface area contributed by atoms with Gasteiger partial charge >= 0.3 is 0 Å². The van der Waals surface area contributed by atoms with E-state index in [-0.39, 0.29) is 11.8 Å². The highest BCUT2D eigenvalue weighted by molar-refractivity contribution is 5.97. The molecule has 0 saturated carbocycles. The van der Waals surface area contributed by atoms with Crippen molar-refractivity contribution in [3.05, 3.63) is 71.3 Å². The lowest BCUT2D eigenvalue weighted by Crippen LogP contribution is -2.39. The van der Waals surface area contributed by atoms with E-state index in [9.17, 15) is 9.59 Å². The average molecular weight is 350 g/mol. The minimum Gasteiger partial charge on any atom is -0.338 e. The molecule has 2 aromatic carbocycles. The average Bonchev–Trinajstić information content (AvgIpc) is 2.67. The summed E-state index contributed by atoms with van der Waals surface area (Å²) in [4.78, 5) is 28.9.